The van der Waals surface area contributed by atoms with Gasteiger partial charge in [0.1, 0.15) is 0 Å². The van der Waals surface area contributed by atoms with Crippen LogP contribution in [-0.4, -0.2) is 19.0 Å². The van der Waals surface area contributed by atoms with Crippen molar-refractivity contribution in [1.29, 1.82) is 0 Å². The molecule has 0 bridgehead atoms. The molecule has 2 rings (SSSR count). The number of anilines is 1. The molecule has 0 aliphatic heterocycles. The molecule has 0 unspecified atom stereocenters. The van der Waals surface area contributed by atoms with E-state index in [1.165, 1.54) is 13.4 Å². The Kier molecular flexibility index (Phi) is 3.66. The number of amides is 1. The molecule has 2 aromatic rings. The second-order valence-electron chi connectivity index (χ2n) is 4.01. The number of nitrogens with one attached hydrogen (secondary N) is 1. The average Bonchev–Trinajstić information content (AvgIpc) is 2.85. The summed E-state index contributed by atoms with van der Waals surface area (Å²) in [5.74, 6) is -0.506. The van der Waals surface area contributed by atoms with E-state index in [2.05, 4.69) is 10.1 Å². The van der Waals surface area contributed by atoms with Crippen LogP contribution < -0.4 is 5.32 Å². The van der Waals surface area contributed by atoms with E-state index in [0.29, 0.717) is 11.3 Å². The first-order chi connectivity index (χ1) is 9.10. The maximum absolute atomic E-state index is 11.8. The highest BCUT2D eigenvalue weighted by Crippen LogP contribution is 2.13. The zero-order valence-corrected chi connectivity index (χ0v) is 10.6. The van der Waals surface area contributed by atoms with Crippen LogP contribution in [0.4, 0.5) is 5.69 Å². The molecule has 0 fully saturated rings. The quantitative estimate of drug-likeness (QED) is 0.860. The number of methoxy groups -OCH3 is 1. The summed E-state index contributed by atoms with van der Waals surface area (Å²) in [7, 11) is 1.32. The number of ether oxygens (including phenoxy) is 1. The summed E-state index contributed by atoms with van der Waals surface area (Å²) >= 11 is 0. The standard InChI is InChI=1S/C14H13NO4/c1-9-7-12(19-8-9)13(16)15-11-5-3-10(4-6-11)14(17)18-2/h3-8H,1-2H3,(H,15,16). The number of hydrogen-bond acceptors (Lipinski definition) is 4. The summed E-state index contributed by atoms with van der Waals surface area (Å²) in [6.07, 6.45) is 1.51. The smallest absolute Gasteiger partial charge is 0.337 e. The Labute approximate surface area is 110 Å². The molecule has 5 heteroatoms. The summed E-state index contributed by atoms with van der Waals surface area (Å²) in [6.45, 7) is 1.84. The Bertz CT molecular complexity index is 598. The summed E-state index contributed by atoms with van der Waals surface area (Å²) in [5, 5.41) is 2.67. The Morgan fingerprint density at radius 3 is 2.42 bits per heavy atom. The Balaban J connectivity index is 2.07. The first-order valence-corrected chi connectivity index (χ1v) is 5.65. The fourth-order valence-corrected chi connectivity index (χ4v) is 1.55. The molecule has 0 saturated carbocycles. The van der Waals surface area contributed by atoms with Gasteiger partial charge in [-0.1, -0.05) is 0 Å². The minimum atomic E-state index is -0.417. The summed E-state index contributed by atoms with van der Waals surface area (Å²) in [6, 6.07) is 8.06. The summed E-state index contributed by atoms with van der Waals surface area (Å²) < 4.78 is 9.68. The molecular formula is C14H13NO4. The van der Waals surface area contributed by atoms with Crippen LogP contribution in [0, 0.1) is 6.92 Å². The number of rotatable bonds is 3. The van der Waals surface area contributed by atoms with Gasteiger partial charge in [0.2, 0.25) is 0 Å². The molecule has 5 nitrogen and oxygen atoms in total. The van der Waals surface area contributed by atoms with E-state index < -0.39 is 5.97 Å². The molecule has 1 aromatic heterocycles. The first kappa shape index (κ1) is 12.9. The van der Waals surface area contributed by atoms with Gasteiger partial charge in [-0.25, -0.2) is 4.79 Å². The second-order valence-corrected chi connectivity index (χ2v) is 4.01. The van der Waals surface area contributed by atoms with Gasteiger partial charge in [0.25, 0.3) is 5.91 Å². The number of hydrogen-bond donors (Lipinski definition) is 1. The van der Waals surface area contributed by atoms with Crippen LogP contribution >= 0.6 is 0 Å². The van der Waals surface area contributed by atoms with Crippen molar-refractivity contribution < 1.29 is 18.7 Å². The molecule has 0 atom stereocenters. The van der Waals surface area contributed by atoms with Crippen molar-refractivity contribution >= 4 is 17.6 Å². The van der Waals surface area contributed by atoms with Crippen molar-refractivity contribution in [3.63, 3.8) is 0 Å². The topological polar surface area (TPSA) is 68.5 Å². The molecule has 1 amide bonds. The van der Waals surface area contributed by atoms with Crippen molar-refractivity contribution in [2.45, 2.75) is 6.92 Å². The number of benzene rings is 1. The monoisotopic (exact) mass is 259 g/mol. The summed E-state index contributed by atoms with van der Waals surface area (Å²) in [5.41, 5.74) is 1.88. The van der Waals surface area contributed by atoms with E-state index in [-0.39, 0.29) is 11.7 Å². The highest BCUT2D eigenvalue weighted by molar-refractivity contribution is 6.02. The molecule has 0 aliphatic carbocycles. The number of furan rings is 1. The van der Waals surface area contributed by atoms with Gasteiger partial charge in [0, 0.05) is 5.69 Å². The molecule has 0 aliphatic rings. The SMILES string of the molecule is COC(=O)c1ccc(NC(=O)c2cc(C)co2)cc1. The maximum atomic E-state index is 11.8. The van der Waals surface area contributed by atoms with Crippen molar-refractivity contribution in [1.82, 2.24) is 0 Å². The fraction of sp³-hybridized carbons (Fsp3) is 0.143. The van der Waals surface area contributed by atoms with Crippen LogP contribution in [0.3, 0.4) is 0 Å². The van der Waals surface area contributed by atoms with Crippen molar-refractivity contribution in [3.05, 3.63) is 53.5 Å². The molecule has 0 spiro atoms. The van der Waals surface area contributed by atoms with Gasteiger partial charge in [-0.2, -0.15) is 0 Å². The first-order valence-electron chi connectivity index (χ1n) is 5.65. The fourth-order valence-electron chi connectivity index (χ4n) is 1.55. The second kappa shape index (κ2) is 5.39. The van der Waals surface area contributed by atoms with Gasteiger partial charge in [-0.15, -0.1) is 0 Å². The van der Waals surface area contributed by atoms with E-state index in [0.717, 1.165) is 5.56 Å². The van der Waals surface area contributed by atoms with Gasteiger partial charge in [0.15, 0.2) is 5.76 Å². The number of esters is 1. The number of carbonyl (C=O) groups excluding carboxylic acids is 2. The number of carbonyl (C=O) groups is 2. The van der Waals surface area contributed by atoms with Crippen molar-refractivity contribution in [2.75, 3.05) is 12.4 Å². The van der Waals surface area contributed by atoms with Crippen LogP contribution in [0.5, 0.6) is 0 Å². The highest BCUT2D eigenvalue weighted by Gasteiger charge is 2.11. The van der Waals surface area contributed by atoms with Gasteiger partial charge in [-0.05, 0) is 42.8 Å². The van der Waals surface area contributed by atoms with Gasteiger partial charge < -0.3 is 14.5 Å². The Morgan fingerprint density at radius 1 is 1.21 bits per heavy atom. The van der Waals surface area contributed by atoms with E-state index >= 15 is 0 Å². The molecule has 19 heavy (non-hydrogen) atoms. The Hall–Kier alpha value is -2.56. The van der Waals surface area contributed by atoms with Crippen LogP contribution in [0.2, 0.25) is 0 Å². The third kappa shape index (κ3) is 3.01. The van der Waals surface area contributed by atoms with Crippen molar-refractivity contribution in [3.8, 4) is 0 Å². The van der Waals surface area contributed by atoms with E-state index in [1.54, 1.807) is 30.3 Å². The van der Waals surface area contributed by atoms with Gasteiger partial charge in [-0.3, -0.25) is 4.79 Å². The maximum Gasteiger partial charge on any atom is 0.337 e. The predicted octanol–water partition coefficient (Wildman–Crippen LogP) is 2.63. The van der Waals surface area contributed by atoms with Crippen LogP contribution in [-0.2, 0) is 4.74 Å². The average molecular weight is 259 g/mol. The Morgan fingerprint density at radius 2 is 1.89 bits per heavy atom. The largest absolute Gasteiger partial charge is 0.465 e. The molecule has 0 saturated heterocycles. The highest BCUT2D eigenvalue weighted by atomic mass is 16.5. The van der Waals surface area contributed by atoms with E-state index in [4.69, 9.17) is 4.42 Å². The molecular weight excluding hydrogens is 246 g/mol. The molecule has 1 aromatic carbocycles. The third-order valence-electron chi connectivity index (χ3n) is 2.52. The molecule has 98 valence electrons. The molecule has 0 radical (unpaired) electrons. The zero-order chi connectivity index (χ0) is 13.8. The molecule has 1 heterocycles. The minimum Gasteiger partial charge on any atom is -0.465 e. The third-order valence-corrected chi connectivity index (χ3v) is 2.52. The zero-order valence-electron chi connectivity index (χ0n) is 10.6. The van der Waals surface area contributed by atoms with Gasteiger partial charge in [0.05, 0.1) is 18.9 Å². The van der Waals surface area contributed by atoms with Crippen molar-refractivity contribution in [2.24, 2.45) is 0 Å². The normalized spacial score (nSPS) is 10.0. The van der Waals surface area contributed by atoms with E-state index in [9.17, 15) is 9.59 Å². The minimum absolute atomic E-state index is 0.245. The lowest BCUT2D eigenvalue weighted by Crippen LogP contribution is -2.11. The lowest BCUT2D eigenvalue weighted by Gasteiger charge is -2.04. The predicted molar refractivity (Wildman–Crippen MR) is 69.2 cm³/mol. The van der Waals surface area contributed by atoms with Crippen LogP contribution in [0.25, 0.3) is 0 Å². The molecule has 1 N–H and O–H groups in total. The lowest BCUT2D eigenvalue weighted by atomic mass is 10.2. The van der Waals surface area contributed by atoms with Crippen LogP contribution in [0.1, 0.15) is 26.5 Å². The van der Waals surface area contributed by atoms with Gasteiger partial charge >= 0.3 is 5.97 Å². The summed E-state index contributed by atoms with van der Waals surface area (Å²) in [4.78, 5) is 23.1. The van der Waals surface area contributed by atoms with Crippen LogP contribution in [0.15, 0.2) is 41.0 Å². The lowest BCUT2D eigenvalue weighted by molar-refractivity contribution is 0.0600. The number of aryl methyl sites for hydroxylation is 1. The van der Waals surface area contributed by atoms with E-state index in [1.807, 2.05) is 6.92 Å².